The topological polar surface area (TPSA) is 119 Å². The summed E-state index contributed by atoms with van der Waals surface area (Å²) >= 11 is 1.46. The number of anilines is 1. The number of hydrogen-bond acceptors (Lipinski definition) is 9. The summed E-state index contributed by atoms with van der Waals surface area (Å²) in [6.45, 7) is 7.36. The monoisotopic (exact) mass is 568 g/mol. The molecule has 0 bridgehead atoms. The minimum Gasteiger partial charge on any atom is -0.366 e. The predicted molar refractivity (Wildman–Crippen MR) is 147 cm³/mol. The molecule has 0 saturated carbocycles. The van der Waals surface area contributed by atoms with E-state index in [4.69, 9.17) is 4.74 Å². The van der Waals surface area contributed by atoms with Crippen LogP contribution in [0.5, 0.6) is 0 Å². The SMILES string of the molecule is CC(C)C[C@H](NC(=O)c1ccc(-c2csc(N3CCN(C)CC3)n2)c(F)c1)C(=O)N1C[C@@H](C#N)[C@H]2OCC(=O)[C@H]21. The number of rotatable bonds is 7. The van der Waals surface area contributed by atoms with E-state index in [0.717, 1.165) is 37.4 Å². The second-order valence-electron chi connectivity index (χ2n) is 11.1. The van der Waals surface area contributed by atoms with Crippen molar-refractivity contribution < 1.29 is 23.5 Å². The smallest absolute Gasteiger partial charge is 0.252 e. The van der Waals surface area contributed by atoms with Gasteiger partial charge in [-0.05, 0) is 37.6 Å². The molecule has 0 radical (unpaired) electrons. The van der Waals surface area contributed by atoms with Crippen molar-refractivity contribution in [2.45, 2.75) is 38.5 Å². The number of piperazine rings is 1. The number of fused-ring (bicyclic) bond motifs is 1. The van der Waals surface area contributed by atoms with Crippen molar-refractivity contribution in [1.82, 2.24) is 20.1 Å². The summed E-state index contributed by atoms with van der Waals surface area (Å²) in [6.07, 6.45) is -0.333. The molecule has 3 saturated heterocycles. The molecular formula is C28H33FN6O4S. The number of carbonyl (C=O) groups is 3. The average Bonchev–Trinajstić information content (AvgIpc) is 3.65. The van der Waals surface area contributed by atoms with Crippen LogP contribution < -0.4 is 10.2 Å². The van der Waals surface area contributed by atoms with Gasteiger partial charge in [-0.1, -0.05) is 13.8 Å². The zero-order valence-electron chi connectivity index (χ0n) is 22.8. The summed E-state index contributed by atoms with van der Waals surface area (Å²) in [4.78, 5) is 49.6. The maximum absolute atomic E-state index is 15.2. The summed E-state index contributed by atoms with van der Waals surface area (Å²) in [6, 6.07) is 4.57. The van der Waals surface area contributed by atoms with Gasteiger partial charge in [0.15, 0.2) is 10.9 Å². The van der Waals surface area contributed by atoms with E-state index in [-0.39, 0.29) is 30.4 Å². The van der Waals surface area contributed by atoms with E-state index in [1.165, 1.54) is 28.4 Å². The summed E-state index contributed by atoms with van der Waals surface area (Å²) in [7, 11) is 2.08. The van der Waals surface area contributed by atoms with Gasteiger partial charge in [-0.15, -0.1) is 11.3 Å². The number of nitrogens with one attached hydrogen (secondary N) is 1. The van der Waals surface area contributed by atoms with Crippen LogP contribution in [0.4, 0.5) is 9.52 Å². The van der Waals surface area contributed by atoms with Gasteiger partial charge in [0.25, 0.3) is 5.91 Å². The van der Waals surface area contributed by atoms with Gasteiger partial charge >= 0.3 is 0 Å². The van der Waals surface area contributed by atoms with Gasteiger partial charge in [-0.25, -0.2) is 9.37 Å². The third-order valence-electron chi connectivity index (χ3n) is 7.72. The minimum atomic E-state index is -0.939. The van der Waals surface area contributed by atoms with Gasteiger partial charge in [0.1, 0.15) is 30.6 Å². The molecule has 0 unspecified atom stereocenters. The van der Waals surface area contributed by atoms with Crippen molar-refractivity contribution in [3.05, 3.63) is 35.0 Å². The summed E-state index contributed by atoms with van der Waals surface area (Å²) in [5, 5.41) is 14.9. The highest BCUT2D eigenvalue weighted by molar-refractivity contribution is 7.14. The standard InChI is InChI=1S/C28H33FN6O4S/c1-16(2)10-21(27(38)35-13-18(12-30)25-24(35)23(36)14-39-25)31-26(37)17-4-5-19(20(29)11-17)22-15-40-28(32-22)34-8-6-33(3)7-9-34/h4-5,11,15-16,18,21,24-25H,6-10,13-14H2,1-3H3,(H,31,37)/t18-,21+,24-,25-/m1/s1. The number of hydrogen-bond donors (Lipinski definition) is 1. The molecule has 3 fully saturated rings. The molecule has 4 atom stereocenters. The van der Waals surface area contributed by atoms with Crippen LogP contribution in [0.1, 0.15) is 30.6 Å². The number of ether oxygens (including phenoxy) is 1. The molecule has 3 aliphatic rings. The molecule has 3 aliphatic heterocycles. The minimum absolute atomic E-state index is 0.0493. The molecule has 1 aromatic carbocycles. The second kappa shape index (κ2) is 11.6. The van der Waals surface area contributed by atoms with E-state index in [1.54, 1.807) is 0 Å². The molecule has 2 amide bonds. The maximum atomic E-state index is 15.2. The van der Waals surface area contributed by atoms with Crippen molar-refractivity contribution >= 4 is 34.1 Å². The largest absolute Gasteiger partial charge is 0.366 e. The van der Waals surface area contributed by atoms with Crippen LogP contribution in [-0.4, -0.2) is 96.9 Å². The lowest BCUT2D eigenvalue weighted by Gasteiger charge is -2.32. The Balaban J connectivity index is 1.30. The van der Waals surface area contributed by atoms with E-state index >= 15 is 4.39 Å². The van der Waals surface area contributed by atoms with Crippen molar-refractivity contribution in [3.63, 3.8) is 0 Å². The van der Waals surface area contributed by atoms with Crippen LogP contribution in [0.2, 0.25) is 0 Å². The van der Waals surface area contributed by atoms with Gasteiger partial charge < -0.3 is 24.8 Å². The molecule has 212 valence electrons. The summed E-state index contributed by atoms with van der Waals surface area (Å²) in [5.74, 6) is -2.43. The van der Waals surface area contributed by atoms with E-state index in [9.17, 15) is 19.6 Å². The molecule has 10 nitrogen and oxygen atoms in total. The van der Waals surface area contributed by atoms with Crippen molar-refractivity contribution in [3.8, 4) is 17.3 Å². The van der Waals surface area contributed by atoms with E-state index in [1.807, 2.05) is 19.2 Å². The highest BCUT2D eigenvalue weighted by atomic mass is 32.1. The number of aromatic nitrogens is 1. The molecule has 0 spiro atoms. The molecule has 40 heavy (non-hydrogen) atoms. The summed E-state index contributed by atoms with van der Waals surface area (Å²) < 4.78 is 20.7. The third kappa shape index (κ3) is 5.59. The molecule has 5 rings (SSSR count). The van der Waals surface area contributed by atoms with Crippen molar-refractivity contribution in [1.29, 1.82) is 5.26 Å². The first kappa shape index (κ1) is 28.1. The van der Waals surface area contributed by atoms with Crippen LogP contribution in [0.3, 0.4) is 0 Å². The average molecular weight is 569 g/mol. The molecule has 2 aromatic rings. The third-order valence-corrected chi connectivity index (χ3v) is 8.62. The Morgan fingerprint density at radius 3 is 2.70 bits per heavy atom. The van der Waals surface area contributed by atoms with Crippen LogP contribution in [0.15, 0.2) is 23.6 Å². The van der Waals surface area contributed by atoms with Gasteiger partial charge in [-0.3, -0.25) is 14.4 Å². The summed E-state index contributed by atoms with van der Waals surface area (Å²) in [5.41, 5.74) is 0.885. The van der Waals surface area contributed by atoms with E-state index in [0.29, 0.717) is 17.7 Å². The normalized spacial score (nSPS) is 23.8. The fourth-order valence-electron chi connectivity index (χ4n) is 5.53. The Morgan fingerprint density at radius 2 is 2.02 bits per heavy atom. The zero-order valence-corrected chi connectivity index (χ0v) is 23.6. The Labute approximate surface area is 236 Å². The molecular weight excluding hydrogens is 535 g/mol. The fraction of sp³-hybridized carbons (Fsp3) is 0.536. The van der Waals surface area contributed by atoms with Gasteiger partial charge in [-0.2, -0.15) is 5.26 Å². The number of thiazole rings is 1. The Kier molecular flexibility index (Phi) is 8.16. The fourth-order valence-corrected chi connectivity index (χ4v) is 6.41. The number of ketones is 1. The first-order valence-corrected chi connectivity index (χ1v) is 14.4. The molecule has 0 aliphatic carbocycles. The Bertz CT molecular complexity index is 1330. The van der Waals surface area contributed by atoms with Crippen molar-refractivity contribution in [2.75, 3.05) is 51.3 Å². The number of benzene rings is 1. The first-order valence-electron chi connectivity index (χ1n) is 13.5. The number of Topliss-reactive ketones (excluding diaryl/α,β-unsaturated/α-hetero) is 1. The van der Waals surface area contributed by atoms with Crippen LogP contribution in [-0.2, 0) is 14.3 Å². The number of likely N-dealkylation sites (tertiary alicyclic amines) is 1. The molecule has 12 heteroatoms. The molecule has 4 heterocycles. The van der Waals surface area contributed by atoms with Crippen LogP contribution in [0, 0.1) is 29.0 Å². The lowest BCUT2D eigenvalue weighted by atomic mass is 10.0. The zero-order chi connectivity index (χ0) is 28.6. The predicted octanol–water partition coefficient (Wildman–Crippen LogP) is 2.16. The van der Waals surface area contributed by atoms with E-state index < -0.39 is 41.7 Å². The van der Waals surface area contributed by atoms with Gasteiger partial charge in [0.05, 0.1) is 17.7 Å². The number of nitriles is 1. The number of carbonyl (C=O) groups excluding carboxylic acids is 3. The lowest BCUT2D eigenvalue weighted by molar-refractivity contribution is -0.138. The van der Waals surface area contributed by atoms with E-state index in [2.05, 4.69) is 33.2 Å². The van der Waals surface area contributed by atoms with Crippen molar-refractivity contribution in [2.24, 2.45) is 11.8 Å². The molecule has 1 aromatic heterocycles. The lowest BCUT2D eigenvalue weighted by Crippen LogP contribution is -2.52. The Morgan fingerprint density at radius 1 is 1.27 bits per heavy atom. The second-order valence-corrected chi connectivity index (χ2v) is 11.9. The number of nitrogens with zero attached hydrogens (tertiary/aromatic N) is 5. The number of halogens is 1. The number of amides is 2. The Hall–Kier alpha value is -3.40. The van der Waals surface area contributed by atoms with Crippen LogP contribution >= 0.6 is 11.3 Å². The highest BCUT2D eigenvalue weighted by Crippen LogP contribution is 2.33. The van der Waals surface area contributed by atoms with Gasteiger partial charge in [0.2, 0.25) is 5.91 Å². The number of likely N-dealkylation sites (N-methyl/N-ethyl adjacent to an activating group) is 1. The quantitative estimate of drug-likeness (QED) is 0.540. The maximum Gasteiger partial charge on any atom is 0.252 e. The van der Waals surface area contributed by atoms with Crippen LogP contribution in [0.25, 0.3) is 11.3 Å². The molecule has 1 N–H and O–H groups in total. The first-order chi connectivity index (χ1) is 19.2. The van der Waals surface area contributed by atoms with Gasteiger partial charge in [0, 0.05) is 49.2 Å². The highest BCUT2D eigenvalue weighted by Gasteiger charge is 2.53.